The fraction of sp³-hybridized carbons (Fsp3) is 0.750. The minimum Gasteiger partial charge on any atom is -0.360 e. The number of unbranched alkanes of at least 4 members (excludes halogenated alkanes) is 4. The number of amides is 2. The number of hydrogen-bond acceptors (Lipinski definition) is 4. The maximum atomic E-state index is 12.9. The predicted octanol–water partition coefficient (Wildman–Crippen LogP) is 4.55. The van der Waals surface area contributed by atoms with Crippen LogP contribution in [0.2, 0.25) is 0 Å². The fourth-order valence-corrected chi connectivity index (χ4v) is 2.99. The van der Waals surface area contributed by atoms with Crippen molar-refractivity contribution in [2.24, 2.45) is 5.92 Å². The van der Waals surface area contributed by atoms with Crippen LogP contribution >= 0.6 is 0 Å². The standard InChI is InChI=1S/C20H35N3O3/c1-5-8-10-11-13-23(20(25)17(7-3)12-9-6-2)15-19(24)21-18-14-16(4)26-22-18/h14,17H,5-13,15H2,1-4H3,(H,21,22,24). The van der Waals surface area contributed by atoms with Gasteiger partial charge in [-0.1, -0.05) is 58.0 Å². The van der Waals surface area contributed by atoms with Gasteiger partial charge in [-0.3, -0.25) is 9.59 Å². The highest BCUT2D eigenvalue weighted by Gasteiger charge is 2.24. The van der Waals surface area contributed by atoms with Crippen LogP contribution in [0.15, 0.2) is 10.6 Å². The van der Waals surface area contributed by atoms with E-state index in [-0.39, 0.29) is 24.3 Å². The van der Waals surface area contributed by atoms with Crippen LogP contribution in [0.1, 0.15) is 77.9 Å². The molecule has 0 aliphatic heterocycles. The van der Waals surface area contributed by atoms with E-state index in [1.165, 1.54) is 0 Å². The molecule has 0 radical (unpaired) electrons. The molecule has 1 rings (SSSR count). The lowest BCUT2D eigenvalue weighted by Gasteiger charge is -2.26. The summed E-state index contributed by atoms with van der Waals surface area (Å²) in [6, 6.07) is 1.67. The van der Waals surface area contributed by atoms with Crippen molar-refractivity contribution >= 4 is 17.6 Å². The van der Waals surface area contributed by atoms with E-state index in [9.17, 15) is 9.59 Å². The van der Waals surface area contributed by atoms with Gasteiger partial charge in [-0.2, -0.15) is 0 Å². The SMILES string of the molecule is CCCCCCN(CC(=O)Nc1cc(C)on1)C(=O)C(CC)CCCC. The van der Waals surface area contributed by atoms with Crippen molar-refractivity contribution in [3.05, 3.63) is 11.8 Å². The second kappa shape index (κ2) is 12.5. The first-order chi connectivity index (χ1) is 12.5. The minimum absolute atomic E-state index is 0.00298. The van der Waals surface area contributed by atoms with E-state index in [1.54, 1.807) is 17.9 Å². The Labute approximate surface area is 157 Å². The van der Waals surface area contributed by atoms with Crippen LogP contribution < -0.4 is 5.32 Å². The first kappa shape index (κ1) is 22.2. The van der Waals surface area contributed by atoms with Gasteiger partial charge in [0.2, 0.25) is 11.8 Å². The summed E-state index contributed by atoms with van der Waals surface area (Å²) >= 11 is 0. The van der Waals surface area contributed by atoms with E-state index in [2.05, 4.69) is 24.3 Å². The van der Waals surface area contributed by atoms with Gasteiger partial charge in [0.25, 0.3) is 0 Å². The quantitative estimate of drug-likeness (QED) is 0.520. The number of hydrogen-bond donors (Lipinski definition) is 1. The first-order valence-corrected chi connectivity index (χ1v) is 10.0. The molecule has 1 aromatic rings. The summed E-state index contributed by atoms with van der Waals surface area (Å²) < 4.78 is 4.96. The molecule has 148 valence electrons. The smallest absolute Gasteiger partial charge is 0.245 e. The molecule has 1 unspecified atom stereocenters. The van der Waals surface area contributed by atoms with Crippen LogP contribution in [-0.4, -0.2) is 35.0 Å². The Balaban J connectivity index is 2.68. The molecule has 0 bridgehead atoms. The lowest BCUT2D eigenvalue weighted by molar-refractivity contribution is -0.138. The summed E-state index contributed by atoms with van der Waals surface area (Å²) in [5.41, 5.74) is 0. The molecule has 6 nitrogen and oxygen atoms in total. The Morgan fingerprint density at radius 1 is 1.15 bits per heavy atom. The van der Waals surface area contributed by atoms with Crippen LogP contribution in [0.5, 0.6) is 0 Å². The molecule has 0 spiro atoms. The molecule has 1 heterocycles. The summed E-state index contributed by atoms with van der Waals surface area (Å²) in [5, 5.41) is 6.49. The number of carbonyl (C=O) groups excluding carboxylic acids is 2. The zero-order valence-corrected chi connectivity index (χ0v) is 16.8. The Hall–Kier alpha value is -1.85. The number of carbonyl (C=O) groups is 2. The van der Waals surface area contributed by atoms with E-state index in [0.717, 1.165) is 51.4 Å². The second-order valence-electron chi connectivity index (χ2n) is 6.94. The van der Waals surface area contributed by atoms with Gasteiger partial charge < -0.3 is 14.7 Å². The molecular weight excluding hydrogens is 330 g/mol. The van der Waals surface area contributed by atoms with Gasteiger partial charge in [0.05, 0.1) is 6.54 Å². The summed E-state index contributed by atoms with van der Waals surface area (Å²) in [6.45, 7) is 8.81. The van der Waals surface area contributed by atoms with Crippen LogP contribution in [0.3, 0.4) is 0 Å². The average Bonchev–Trinajstić information content (AvgIpc) is 3.02. The van der Waals surface area contributed by atoms with Crippen molar-refractivity contribution in [1.29, 1.82) is 0 Å². The minimum atomic E-state index is -0.229. The molecule has 0 aromatic carbocycles. The summed E-state index contributed by atoms with van der Waals surface area (Å²) in [4.78, 5) is 27.0. The third-order valence-electron chi connectivity index (χ3n) is 4.57. The number of nitrogens with one attached hydrogen (secondary N) is 1. The Morgan fingerprint density at radius 3 is 2.46 bits per heavy atom. The van der Waals surface area contributed by atoms with Crippen molar-refractivity contribution in [3.8, 4) is 0 Å². The molecule has 6 heteroatoms. The van der Waals surface area contributed by atoms with Crippen LogP contribution in [0.25, 0.3) is 0 Å². The third kappa shape index (κ3) is 8.02. The zero-order valence-electron chi connectivity index (χ0n) is 16.8. The van der Waals surface area contributed by atoms with E-state index in [0.29, 0.717) is 18.1 Å². The van der Waals surface area contributed by atoms with E-state index in [4.69, 9.17) is 4.52 Å². The number of aryl methyl sites for hydroxylation is 1. The molecular formula is C20H35N3O3. The second-order valence-corrected chi connectivity index (χ2v) is 6.94. The monoisotopic (exact) mass is 365 g/mol. The highest BCUT2D eigenvalue weighted by Crippen LogP contribution is 2.17. The van der Waals surface area contributed by atoms with Gasteiger partial charge in [-0.25, -0.2) is 0 Å². The largest absolute Gasteiger partial charge is 0.360 e. The Morgan fingerprint density at radius 2 is 1.88 bits per heavy atom. The normalized spacial score (nSPS) is 12.0. The van der Waals surface area contributed by atoms with Crippen LogP contribution in [0.4, 0.5) is 5.82 Å². The highest BCUT2D eigenvalue weighted by atomic mass is 16.5. The van der Waals surface area contributed by atoms with Crippen LogP contribution in [-0.2, 0) is 9.59 Å². The van der Waals surface area contributed by atoms with Crippen molar-refractivity contribution in [1.82, 2.24) is 10.1 Å². The zero-order chi connectivity index (χ0) is 19.4. The van der Waals surface area contributed by atoms with E-state index >= 15 is 0 Å². The molecule has 26 heavy (non-hydrogen) atoms. The van der Waals surface area contributed by atoms with Gasteiger partial charge in [0.15, 0.2) is 5.82 Å². The molecule has 1 atom stereocenters. The summed E-state index contributed by atoms with van der Waals surface area (Å²) in [5.74, 6) is 0.905. The average molecular weight is 366 g/mol. The molecule has 0 saturated carbocycles. The molecule has 0 aliphatic carbocycles. The van der Waals surface area contributed by atoms with Crippen molar-refractivity contribution in [2.75, 3.05) is 18.4 Å². The summed E-state index contributed by atoms with van der Waals surface area (Å²) in [6.07, 6.45) is 8.13. The topological polar surface area (TPSA) is 75.4 Å². The van der Waals surface area contributed by atoms with E-state index in [1.807, 2.05) is 6.92 Å². The number of aromatic nitrogens is 1. The molecule has 0 aliphatic rings. The first-order valence-electron chi connectivity index (χ1n) is 10.0. The van der Waals surface area contributed by atoms with Gasteiger partial charge in [-0.15, -0.1) is 0 Å². The molecule has 2 amide bonds. The lowest BCUT2D eigenvalue weighted by Crippen LogP contribution is -2.42. The maximum absolute atomic E-state index is 12.9. The van der Waals surface area contributed by atoms with Crippen molar-refractivity contribution in [3.63, 3.8) is 0 Å². The number of nitrogens with zero attached hydrogens (tertiary/aromatic N) is 2. The highest BCUT2D eigenvalue weighted by molar-refractivity contribution is 5.94. The molecule has 0 fully saturated rings. The number of anilines is 1. The molecule has 0 saturated heterocycles. The van der Waals surface area contributed by atoms with Crippen molar-refractivity contribution in [2.45, 2.75) is 79.1 Å². The van der Waals surface area contributed by atoms with Gasteiger partial charge in [0, 0.05) is 18.5 Å². The summed E-state index contributed by atoms with van der Waals surface area (Å²) in [7, 11) is 0. The molecule has 1 aromatic heterocycles. The predicted molar refractivity (Wildman–Crippen MR) is 104 cm³/mol. The van der Waals surface area contributed by atoms with Gasteiger partial charge in [-0.05, 0) is 26.2 Å². The Bertz CT molecular complexity index is 542. The third-order valence-corrected chi connectivity index (χ3v) is 4.57. The maximum Gasteiger partial charge on any atom is 0.245 e. The van der Waals surface area contributed by atoms with Gasteiger partial charge in [0.1, 0.15) is 5.76 Å². The fourth-order valence-electron chi connectivity index (χ4n) is 2.99. The lowest BCUT2D eigenvalue weighted by atomic mass is 9.97. The van der Waals surface area contributed by atoms with Gasteiger partial charge >= 0.3 is 0 Å². The molecule has 1 N–H and O–H groups in total. The Kier molecular flexibility index (Phi) is 10.7. The number of rotatable bonds is 13. The van der Waals surface area contributed by atoms with Crippen LogP contribution in [0, 0.1) is 12.8 Å². The van der Waals surface area contributed by atoms with Crippen molar-refractivity contribution < 1.29 is 14.1 Å². The van der Waals surface area contributed by atoms with E-state index < -0.39 is 0 Å².